The summed E-state index contributed by atoms with van der Waals surface area (Å²) >= 11 is 0. The van der Waals surface area contributed by atoms with Crippen molar-refractivity contribution in [3.8, 4) is 29.5 Å². The van der Waals surface area contributed by atoms with Crippen molar-refractivity contribution < 1.29 is 34.0 Å². The zero-order valence-corrected chi connectivity index (χ0v) is 14.3. The number of benzene rings is 2. The van der Waals surface area contributed by atoms with Gasteiger partial charge in [0.2, 0.25) is 0 Å². The van der Waals surface area contributed by atoms with Crippen LogP contribution < -0.4 is 24.4 Å². The number of carboxylic acids is 2. The van der Waals surface area contributed by atoms with E-state index in [2.05, 4.69) is 15.0 Å². The maximum Gasteiger partial charge on any atom is 0.331 e. The Morgan fingerprint density at radius 2 is 1.04 bits per heavy atom. The minimum atomic E-state index is -1.31. The molecule has 0 aliphatic heterocycles. The number of hydrogen-bond acceptors (Lipinski definition) is 10. The van der Waals surface area contributed by atoms with E-state index in [1.165, 1.54) is 55.6 Å². The van der Waals surface area contributed by atoms with Gasteiger partial charge in [0, 0.05) is 0 Å². The Kier molecular flexibility index (Phi) is 5.30. The van der Waals surface area contributed by atoms with Crippen LogP contribution in [0.5, 0.6) is 29.5 Å². The van der Waals surface area contributed by atoms with E-state index >= 15 is 0 Å². The Bertz CT molecular complexity index is 927. The molecule has 0 aliphatic rings. The molecule has 0 aliphatic carbocycles. The maximum absolute atomic E-state index is 10.8. The van der Waals surface area contributed by atoms with Crippen molar-refractivity contribution in [2.75, 3.05) is 7.11 Å². The minimum Gasteiger partial charge on any atom is -0.545 e. The second-order valence-electron chi connectivity index (χ2n) is 5.22. The average Bonchev–Trinajstić information content (AvgIpc) is 2.68. The van der Waals surface area contributed by atoms with Gasteiger partial charge in [0.25, 0.3) is 0 Å². The number of methoxy groups -OCH3 is 1. The third-order valence-corrected chi connectivity index (χ3v) is 3.35. The number of aromatic nitrogens is 3. The van der Waals surface area contributed by atoms with Crippen molar-refractivity contribution >= 4 is 11.9 Å². The molecular weight excluding hydrogens is 370 g/mol. The van der Waals surface area contributed by atoms with Gasteiger partial charge in [0.1, 0.15) is 11.5 Å². The van der Waals surface area contributed by atoms with Gasteiger partial charge < -0.3 is 34.0 Å². The molecule has 10 nitrogen and oxygen atoms in total. The second kappa shape index (κ2) is 7.99. The summed E-state index contributed by atoms with van der Waals surface area (Å²) in [6.07, 6.45) is 0. The molecule has 28 heavy (non-hydrogen) atoms. The summed E-state index contributed by atoms with van der Waals surface area (Å²) in [5, 5.41) is 21.6. The lowest BCUT2D eigenvalue weighted by atomic mass is 10.2. The summed E-state index contributed by atoms with van der Waals surface area (Å²) in [5.74, 6) is -2.09. The number of rotatable bonds is 7. The predicted octanol–water partition coefficient (Wildman–Crippen LogP) is 0.192. The highest BCUT2D eigenvalue weighted by molar-refractivity contribution is 5.86. The van der Waals surface area contributed by atoms with Crippen LogP contribution in [0.3, 0.4) is 0 Å². The van der Waals surface area contributed by atoms with Crippen LogP contribution in [0.15, 0.2) is 48.5 Å². The molecule has 1 heterocycles. The van der Waals surface area contributed by atoms with E-state index in [1.54, 1.807) is 0 Å². The zero-order valence-electron chi connectivity index (χ0n) is 14.3. The number of hydrogen-bond donors (Lipinski definition) is 0. The van der Waals surface area contributed by atoms with Crippen molar-refractivity contribution in [1.29, 1.82) is 0 Å². The lowest BCUT2D eigenvalue weighted by Crippen LogP contribution is -2.21. The van der Waals surface area contributed by atoms with Crippen LogP contribution in [0.25, 0.3) is 0 Å². The molecule has 142 valence electrons. The summed E-state index contributed by atoms with van der Waals surface area (Å²) in [4.78, 5) is 33.4. The first-order valence-electron chi connectivity index (χ1n) is 7.73. The highest BCUT2D eigenvalue weighted by Gasteiger charge is 2.11. The molecule has 3 rings (SSSR count). The number of carbonyl (C=O) groups excluding carboxylic acids is 2. The maximum atomic E-state index is 10.8. The number of aromatic carboxylic acids is 2. The Balaban J connectivity index is 1.81. The molecule has 0 spiro atoms. The normalized spacial score (nSPS) is 10.2. The lowest BCUT2D eigenvalue weighted by Gasteiger charge is -2.09. The molecule has 0 unspecified atom stereocenters. The summed E-state index contributed by atoms with van der Waals surface area (Å²) < 4.78 is 15.9. The molecule has 0 saturated heterocycles. The molecule has 2 aromatic carbocycles. The molecule has 0 fully saturated rings. The van der Waals surface area contributed by atoms with Crippen LogP contribution in [-0.2, 0) is 0 Å². The summed E-state index contributed by atoms with van der Waals surface area (Å²) in [6, 6.07) is 10.4. The van der Waals surface area contributed by atoms with E-state index in [0.717, 1.165) is 0 Å². The highest BCUT2D eigenvalue weighted by Crippen LogP contribution is 2.24. The zero-order chi connectivity index (χ0) is 20.1. The summed E-state index contributed by atoms with van der Waals surface area (Å²) in [5.41, 5.74) is -0.0192. The number of nitrogens with zero attached hydrogens (tertiary/aromatic N) is 3. The standard InChI is InChI=1S/C18H13N3O7/c1-26-16-19-17(27-12-6-2-10(3-7-12)14(22)23)21-18(20-16)28-13-8-4-11(5-9-13)15(24)25/h2-9H,1H3,(H,22,23)(H,24,25)/p-2. The van der Waals surface area contributed by atoms with E-state index in [4.69, 9.17) is 14.2 Å². The van der Waals surface area contributed by atoms with Gasteiger partial charge in [0.15, 0.2) is 0 Å². The lowest BCUT2D eigenvalue weighted by molar-refractivity contribution is -0.256. The average molecular weight is 381 g/mol. The first kappa shape index (κ1) is 18.6. The molecule has 3 aromatic rings. The van der Waals surface area contributed by atoms with Crippen LogP contribution in [0.1, 0.15) is 20.7 Å². The van der Waals surface area contributed by atoms with E-state index in [-0.39, 0.29) is 40.7 Å². The Hall–Kier alpha value is -4.21. The molecule has 0 radical (unpaired) electrons. The number of carboxylic acid groups (broad SMARTS) is 2. The molecule has 0 bridgehead atoms. The highest BCUT2D eigenvalue weighted by atomic mass is 16.5. The van der Waals surface area contributed by atoms with Gasteiger partial charge in [-0.05, 0) is 59.7 Å². The van der Waals surface area contributed by atoms with Gasteiger partial charge in [-0.15, -0.1) is 15.0 Å². The fraction of sp³-hybridized carbons (Fsp3) is 0.0556. The first-order chi connectivity index (χ1) is 13.4. The molecule has 0 atom stereocenters. The molecule has 1 aromatic heterocycles. The van der Waals surface area contributed by atoms with Crippen molar-refractivity contribution in [3.05, 3.63) is 59.7 Å². The van der Waals surface area contributed by atoms with Crippen molar-refractivity contribution in [3.63, 3.8) is 0 Å². The van der Waals surface area contributed by atoms with E-state index in [9.17, 15) is 19.8 Å². The minimum absolute atomic E-state index is 0.00962. The van der Waals surface area contributed by atoms with Gasteiger partial charge in [0.05, 0.1) is 19.0 Å². The SMILES string of the molecule is COc1nc(Oc2ccc(C(=O)[O-])cc2)nc(Oc2ccc(C(=O)[O-])cc2)n1. The van der Waals surface area contributed by atoms with Gasteiger partial charge in [-0.2, -0.15) is 0 Å². The van der Waals surface area contributed by atoms with Crippen LogP contribution >= 0.6 is 0 Å². The van der Waals surface area contributed by atoms with Gasteiger partial charge in [-0.25, -0.2) is 0 Å². The topological polar surface area (TPSA) is 147 Å². The first-order valence-corrected chi connectivity index (χ1v) is 7.73. The predicted molar refractivity (Wildman–Crippen MR) is 88.1 cm³/mol. The van der Waals surface area contributed by atoms with Crippen molar-refractivity contribution in [2.45, 2.75) is 0 Å². The summed E-state index contributed by atoms with van der Waals surface area (Å²) in [7, 11) is 1.34. The van der Waals surface area contributed by atoms with Gasteiger partial charge >= 0.3 is 18.0 Å². The van der Waals surface area contributed by atoms with Crippen molar-refractivity contribution in [1.82, 2.24) is 15.0 Å². The quantitative estimate of drug-likeness (QED) is 0.555. The monoisotopic (exact) mass is 381 g/mol. The van der Waals surface area contributed by atoms with Crippen LogP contribution in [0.2, 0.25) is 0 Å². The molecule has 0 N–H and O–H groups in total. The Labute approximate surface area is 158 Å². The smallest absolute Gasteiger partial charge is 0.331 e. The third kappa shape index (κ3) is 4.49. The fourth-order valence-corrected chi connectivity index (χ4v) is 2.03. The Morgan fingerprint density at radius 3 is 1.36 bits per heavy atom. The molecule has 0 amide bonds. The number of ether oxygens (including phenoxy) is 3. The third-order valence-electron chi connectivity index (χ3n) is 3.35. The van der Waals surface area contributed by atoms with Crippen molar-refractivity contribution in [2.24, 2.45) is 0 Å². The fourth-order valence-electron chi connectivity index (χ4n) is 2.03. The molecule has 0 saturated carbocycles. The van der Waals surface area contributed by atoms with Crippen LogP contribution in [-0.4, -0.2) is 34.0 Å². The van der Waals surface area contributed by atoms with Crippen LogP contribution in [0.4, 0.5) is 0 Å². The van der Waals surface area contributed by atoms with E-state index in [1.807, 2.05) is 0 Å². The summed E-state index contributed by atoms with van der Waals surface area (Å²) in [6.45, 7) is 0. The van der Waals surface area contributed by atoms with Crippen LogP contribution in [0, 0.1) is 0 Å². The molecule has 10 heteroatoms. The molecular formula is C18H11N3O7-2. The van der Waals surface area contributed by atoms with E-state index < -0.39 is 11.9 Å². The number of carbonyl (C=O) groups is 2. The van der Waals surface area contributed by atoms with Gasteiger partial charge in [-0.1, -0.05) is 0 Å². The van der Waals surface area contributed by atoms with E-state index in [0.29, 0.717) is 0 Å². The largest absolute Gasteiger partial charge is 0.545 e. The Morgan fingerprint density at radius 1 is 0.679 bits per heavy atom. The van der Waals surface area contributed by atoms with Gasteiger partial charge in [-0.3, -0.25) is 0 Å². The second-order valence-corrected chi connectivity index (χ2v) is 5.22.